The fourth-order valence-electron chi connectivity index (χ4n) is 2.22. The van der Waals surface area contributed by atoms with Crippen LogP contribution < -0.4 is 10.0 Å². The van der Waals surface area contributed by atoms with E-state index in [1.165, 1.54) is 6.20 Å². The molecule has 1 aromatic heterocycles. The molecule has 0 bridgehead atoms. The Balaban J connectivity index is 2.28. The van der Waals surface area contributed by atoms with E-state index in [9.17, 15) is 8.42 Å². The second-order valence-electron chi connectivity index (χ2n) is 5.50. The summed E-state index contributed by atoms with van der Waals surface area (Å²) in [5, 5.41) is 3.05. The van der Waals surface area contributed by atoms with E-state index >= 15 is 0 Å². The van der Waals surface area contributed by atoms with E-state index in [2.05, 4.69) is 15.0 Å². The molecule has 0 spiro atoms. The van der Waals surface area contributed by atoms with Gasteiger partial charge < -0.3 is 5.32 Å². The standard InChI is InChI=1S/C13H21N3O2S/c1-4-15-11-7-8-14-9-12(11)19(17,18)16-13(2,3)10-5-6-10/h7-10,16H,4-6H2,1-3H3,(H,14,15). The van der Waals surface area contributed by atoms with Crippen molar-refractivity contribution in [2.24, 2.45) is 5.92 Å². The molecule has 1 aromatic rings. The summed E-state index contributed by atoms with van der Waals surface area (Å²) >= 11 is 0. The fourth-order valence-corrected chi connectivity index (χ4v) is 3.82. The lowest BCUT2D eigenvalue weighted by molar-refractivity contribution is 0.400. The highest BCUT2D eigenvalue weighted by molar-refractivity contribution is 7.89. The Morgan fingerprint density at radius 3 is 2.68 bits per heavy atom. The van der Waals surface area contributed by atoms with Crippen LogP contribution in [0.2, 0.25) is 0 Å². The van der Waals surface area contributed by atoms with Gasteiger partial charge in [-0.05, 0) is 45.6 Å². The lowest BCUT2D eigenvalue weighted by Gasteiger charge is -2.26. The third kappa shape index (κ3) is 3.25. The van der Waals surface area contributed by atoms with Crippen LogP contribution in [-0.4, -0.2) is 25.5 Å². The van der Waals surface area contributed by atoms with Crippen LogP contribution in [0.15, 0.2) is 23.4 Å². The van der Waals surface area contributed by atoms with E-state index in [-0.39, 0.29) is 4.90 Å². The lowest BCUT2D eigenvalue weighted by Crippen LogP contribution is -2.45. The zero-order valence-electron chi connectivity index (χ0n) is 11.6. The number of nitrogens with one attached hydrogen (secondary N) is 2. The Bertz CT molecular complexity index is 551. The Kier molecular flexibility index (Phi) is 3.82. The van der Waals surface area contributed by atoms with Gasteiger partial charge in [-0.15, -0.1) is 0 Å². The van der Waals surface area contributed by atoms with Gasteiger partial charge in [-0.1, -0.05) is 0 Å². The highest BCUT2D eigenvalue weighted by Gasteiger charge is 2.41. The third-order valence-electron chi connectivity index (χ3n) is 3.44. The molecular formula is C13H21N3O2S. The van der Waals surface area contributed by atoms with Gasteiger partial charge in [0.2, 0.25) is 10.0 Å². The van der Waals surface area contributed by atoms with Gasteiger partial charge in [-0.3, -0.25) is 4.98 Å². The number of pyridine rings is 1. The zero-order chi connectivity index (χ0) is 14.1. The summed E-state index contributed by atoms with van der Waals surface area (Å²) in [6.45, 7) is 6.47. The second-order valence-corrected chi connectivity index (χ2v) is 7.15. The predicted octanol–water partition coefficient (Wildman–Crippen LogP) is 1.98. The average Bonchev–Trinajstić information content (AvgIpc) is 3.12. The molecule has 1 aliphatic rings. The van der Waals surface area contributed by atoms with Crippen LogP contribution in [0.4, 0.5) is 5.69 Å². The maximum atomic E-state index is 12.5. The molecule has 5 nitrogen and oxygen atoms in total. The molecule has 1 aliphatic carbocycles. The van der Waals surface area contributed by atoms with Crippen molar-refractivity contribution in [2.75, 3.05) is 11.9 Å². The number of aromatic nitrogens is 1. The number of sulfonamides is 1. The molecular weight excluding hydrogens is 262 g/mol. The molecule has 0 radical (unpaired) electrons. The van der Waals surface area contributed by atoms with Crippen molar-refractivity contribution in [3.63, 3.8) is 0 Å². The van der Waals surface area contributed by atoms with Gasteiger partial charge in [-0.25, -0.2) is 13.1 Å². The molecule has 1 saturated carbocycles. The summed E-state index contributed by atoms with van der Waals surface area (Å²) in [5.41, 5.74) is 0.189. The van der Waals surface area contributed by atoms with Crippen LogP contribution in [0.25, 0.3) is 0 Å². The number of rotatable bonds is 6. The molecule has 19 heavy (non-hydrogen) atoms. The quantitative estimate of drug-likeness (QED) is 0.837. The van der Waals surface area contributed by atoms with Crippen molar-refractivity contribution in [2.45, 2.75) is 44.0 Å². The Labute approximate surface area is 114 Å². The number of anilines is 1. The first-order valence-electron chi connectivity index (χ1n) is 6.58. The maximum absolute atomic E-state index is 12.5. The van der Waals surface area contributed by atoms with E-state index in [0.29, 0.717) is 18.2 Å². The van der Waals surface area contributed by atoms with Crippen LogP contribution in [0.3, 0.4) is 0 Å². The van der Waals surface area contributed by atoms with Crippen LogP contribution >= 0.6 is 0 Å². The van der Waals surface area contributed by atoms with Gasteiger partial charge in [0.05, 0.1) is 5.69 Å². The second kappa shape index (κ2) is 5.09. The molecule has 0 saturated heterocycles. The average molecular weight is 283 g/mol. The predicted molar refractivity (Wildman–Crippen MR) is 75.5 cm³/mol. The molecule has 106 valence electrons. The number of nitrogens with zero attached hydrogens (tertiary/aromatic N) is 1. The fraction of sp³-hybridized carbons (Fsp3) is 0.615. The zero-order valence-corrected chi connectivity index (χ0v) is 12.4. The van der Waals surface area contributed by atoms with Gasteiger partial charge in [0.1, 0.15) is 4.90 Å². The molecule has 6 heteroatoms. The van der Waals surface area contributed by atoms with Gasteiger partial charge >= 0.3 is 0 Å². The topological polar surface area (TPSA) is 71.1 Å². The normalized spacial score (nSPS) is 16.4. The summed E-state index contributed by atoms with van der Waals surface area (Å²) in [6, 6.07) is 1.68. The largest absolute Gasteiger partial charge is 0.384 e. The van der Waals surface area contributed by atoms with Gasteiger partial charge in [0.15, 0.2) is 0 Å². The van der Waals surface area contributed by atoms with E-state index in [4.69, 9.17) is 0 Å². The van der Waals surface area contributed by atoms with Crippen molar-refractivity contribution >= 4 is 15.7 Å². The van der Waals surface area contributed by atoms with Gasteiger partial charge in [0.25, 0.3) is 0 Å². The molecule has 1 heterocycles. The monoisotopic (exact) mass is 283 g/mol. The first-order chi connectivity index (χ1) is 8.87. The van der Waals surface area contributed by atoms with Crippen LogP contribution in [0.1, 0.15) is 33.6 Å². The molecule has 2 rings (SSSR count). The highest BCUT2D eigenvalue weighted by atomic mass is 32.2. The highest BCUT2D eigenvalue weighted by Crippen LogP contribution is 2.40. The minimum Gasteiger partial charge on any atom is -0.384 e. The van der Waals surface area contributed by atoms with Crippen molar-refractivity contribution in [1.29, 1.82) is 0 Å². The number of hydrogen-bond acceptors (Lipinski definition) is 4. The SMILES string of the molecule is CCNc1ccncc1S(=O)(=O)NC(C)(C)C1CC1. The van der Waals surface area contributed by atoms with Crippen LogP contribution in [0, 0.1) is 5.92 Å². The lowest BCUT2D eigenvalue weighted by atomic mass is 10.0. The molecule has 0 amide bonds. The van der Waals surface area contributed by atoms with E-state index < -0.39 is 15.6 Å². The van der Waals surface area contributed by atoms with Crippen molar-refractivity contribution in [3.8, 4) is 0 Å². The summed E-state index contributed by atoms with van der Waals surface area (Å²) in [5.74, 6) is 0.432. The Morgan fingerprint density at radius 2 is 2.11 bits per heavy atom. The molecule has 2 N–H and O–H groups in total. The van der Waals surface area contributed by atoms with Gasteiger partial charge in [-0.2, -0.15) is 0 Å². The molecule has 0 atom stereocenters. The summed E-state index contributed by atoms with van der Waals surface area (Å²) < 4.78 is 27.8. The molecule has 0 aromatic carbocycles. The molecule has 0 unspecified atom stereocenters. The smallest absolute Gasteiger partial charge is 0.244 e. The summed E-state index contributed by atoms with van der Waals surface area (Å²) in [7, 11) is -3.55. The van der Waals surface area contributed by atoms with E-state index in [0.717, 1.165) is 12.8 Å². The minimum atomic E-state index is -3.55. The first kappa shape index (κ1) is 14.3. The summed E-state index contributed by atoms with van der Waals surface area (Å²) in [4.78, 5) is 4.14. The third-order valence-corrected chi connectivity index (χ3v) is 5.14. The van der Waals surface area contributed by atoms with Gasteiger partial charge in [0, 0.05) is 24.5 Å². The van der Waals surface area contributed by atoms with Crippen LogP contribution in [-0.2, 0) is 10.0 Å². The summed E-state index contributed by atoms with van der Waals surface area (Å²) in [6.07, 6.45) is 5.15. The minimum absolute atomic E-state index is 0.213. The van der Waals surface area contributed by atoms with Crippen molar-refractivity contribution < 1.29 is 8.42 Å². The van der Waals surface area contributed by atoms with Crippen molar-refractivity contribution in [3.05, 3.63) is 18.5 Å². The maximum Gasteiger partial charge on any atom is 0.244 e. The number of hydrogen-bond donors (Lipinski definition) is 2. The molecule has 0 aliphatic heterocycles. The van der Waals surface area contributed by atoms with Crippen molar-refractivity contribution in [1.82, 2.24) is 9.71 Å². The van der Waals surface area contributed by atoms with E-state index in [1.54, 1.807) is 12.3 Å². The Hall–Kier alpha value is -1.14. The molecule has 1 fully saturated rings. The first-order valence-corrected chi connectivity index (χ1v) is 8.07. The van der Waals surface area contributed by atoms with E-state index in [1.807, 2.05) is 20.8 Å². The van der Waals surface area contributed by atoms with Crippen LogP contribution in [0.5, 0.6) is 0 Å². The Morgan fingerprint density at radius 1 is 1.42 bits per heavy atom.